The molecule has 0 amide bonds. The van der Waals surface area contributed by atoms with Gasteiger partial charge in [0, 0.05) is 29.9 Å². The lowest BCUT2D eigenvalue weighted by atomic mass is 10.1. The van der Waals surface area contributed by atoms with E-state index in [1.165, 1.54) is 6.07 Å². The summed E-state index contributed by atoms with van der Waals surface area (Å²) in [7, 11) is 0. The third-order valence-corrected chi connectivity index (χ3v) is 4.72. The normalized spacial score (nSPS) is 10.3. The van der Waals surface area contributed by atoms with Crippen molar-refractivity contribution in [3.05, 3.63) is 99.6 Å². The quantitative estimate of drug-likeness (QED) is 0.240. The predicted molar refractivity (Wildman–Crippen MR) is 119 cm³/mol. The van der Waals surface area contributed by atoms with Crippen molar-refractivity contribution in [2.45, 2.75) is 13.5 Å². The molecule has 0 aliphatic carbocycles. The van der Waals surface area contributed by atoms with Crippen LogP contribution in [0, 0.1) is 17.0 Å². The first-order valence-electron chi connectivity index (χ1n) is 9.26. The third-order valence-electron chi connectivity index (χ3n) is 4.40. The number of hydrogen-bond donors (Lipinski definition) is 1. The molecule has 0 atom stereocenters. The smallest absolute Gasteiger partial charge is 0.274 e. The van der Waals surface area contributed by atoms with Crippen molar-refractivity contribution in [2.24, 2.45) is 0 Å². The minimum Gasteiger partial charge on any atom is -0.488 e. The van der Waals surface area contributed by atoms with Gasteiger partial charge in [-0.25, -0.2) is 0 Å². The summed E-state index contributed by atoms with van der Waals surface area (Å²) < 4.78 is 11.4. The second kappa shape index (κ2) is 9.80. The standard InChI is InChI=1S/C23H21ClN2O4/c1-3-13-29-23-14-19(11-12-20(23)24)30-18-9-7-17(8-10-18)15-25-21-5-4-6-22(16(21)2)26(27)28/h3-12,14,25H,1,13,15H2,2H3. The van der Waals surface area contributed by atoms with Crippen LogP contribution < -0.4 is 14.8 Å². The predicted octanol–water partition coefficient (Wildman–Crippen LogP) is 6.53. The first-order chi connectivity index (χ1) is 14.5. The van der Waals surface area contributed by atoms with Gasteiger partial charge >= 0.3 is 0 Å². The van der Waals surface area contributed by atoms with Gasteiger partial charge in [0.15, 0.2) is 0 Å². The zero-order valence-corrected chi connectivity index (χ0v) is 17.2. The molecular formula is C23H21ClN2O4. The van der Waals surface area contributed by atoms with E-state index < -0.39 is 0 Å². The van der Waals surface area contributed by atoms with Crippen molar-refractivity contribution in [1.82, 2.24) is 0 Å². The van der Waals surface area contributed by atoms with Crippen molar-refractivity contribution in [3.63, 3.8) is 0 Å². The van der Waals surface area contributed by atoms with Crippen LogP contribution in [0.25, 0.3) is 0 Å². The zero-order valence-electron chi connectivity index (χ0n) is 16.4. The number of rotatable bonds is 9. The highest BCUT2D eigenvalue weighted by Crippen LogP contribution is 2.32. The summed E-state index contributed by atoms with van der Waals surface area (Å²) >= 11 is 6.12. The molecule has 0 spiro atoms. The fourth-order valence-corrected chi connectivity index (χ4v) is 3.00. The molecule has 3 rings (SSSR count). The Morgan fingerprint density at radius 1 is 1.13 bits per heavy atom. The van der Waals surface area contributed by atoms with Crippen LogP contribution in [0.1, 0.15) is 11.1 Å². The summed E-state index contributed by atoms with van der Waals surface area (Å²) in [5.74, 6) is 1.81. The molecule has 0 heterocycles. The van der Waals surface area contributed by atoms with Crippen LogP contribution in [0.15, 0.2) is 73.3 Å². The third kappa shape index (κ3) is 5.30. The molecule has 0 radical (unpaired) electrons. The molecule has 3 aromatic carbocycles. The number of halogens is 1. The summed E-state index contributed by atoms with van der Waals surface area (Å²) in [5.41, 5.74) is 2.46. The minimum atomic E-state index is -0.378. The Balaban J connectivity index is 1.64. The molecular weight excluding hydrogens is 404 g/mol. The first-order valence-corrected chi connectivity index (χ1v) is 9.63. The van der Waals surface area contributed by atoms with E-state index in [1.54, 1.807) is 37.3 Å². The van der Waals surface area contributed by atoms with Gasteiger partial charge in [0.25, 0.3) is 5.69 Å². The lowest BCUT2D eigenvalue weighted by Crippen LogP contribution is -2.02. The molecule has 0 saturated carbocycles. The summed E-state index contributed by atoms with van der Waals surface area (Å²) in [6.45, 7) is 6.24. The average molecular weight is 425 g/mol. The molecule has 0 aliphatic heterocycles. The van der Waals surface area contributed by atoms with Crippen LogP contribution in [-0.4, -0.2) is 11.5 Å². The van der Waals surface area contributed by atoms with Gasteiger partial charge in [-0.1, -0.05) is 42.5 Å². The van der Waals surface area contributed by atoms with E-state index in [0.29, 0.717) is 41.0 Å². The number of benzene rings is 3. The van der Waals surface area contributed by atoms with E-state index >= 15 is 0 Å². The van der Waals surface area contributed by atoms with E-state index in [2.05, 4.69) is 11.9 Å². The van der Waals surface area contributed by atoms with Gasteiger partial charge in [0.2, 0.25) is 0 Å². The summed E-state index contributed by atoms with van der Waals surface area (Å²) in [6.07, 6.45) is 1.64. The average Bonchev–Trinajstić information content (AvgIpc) is 2.74. The Hall–Kier alpha value is -3.51. The summed E-state index contributed by atoms with van der Waals surface area (Å²) in [6, 6.07) is 17.8. The van der Waals surface area contributed by atoms with E-state index in [0.717, 1.165) is 11.3 Å². The number of hydrogen-bond acceptors (Lipinski definition) is 5. The molecule has 0 unspecified atom stereocenters. The summed E-state index contributed by atoms with van der Waals surface area (Å²) in [5, 5.41) is 14.8. The van der Waals surface area contributed by atoms with E-state index in [1.807, 2.05) is 30.3 Å². The molecule has 1 N–H and O–H groups in total. The van der Waals surface area contributed by atoms with E-state index in [9.17, 15) is 10.1 Å². The molecule has 0 aliphatic rings. The van der Waals surface area contributed by atoms with Crippen LogP contribution >= 0.6 is 11.6 Å². The molecule has 0 bridgehead atoms. The molecule has 154 valence electrons. The lowest BCUT2D eigenvalue weighted by Gasteiger charge is -2.12. The van der Waals surface area contributed by atoms with Gasteiger partial charge in [0.05, 0.1) is 9.95 Å². The van der Waals surface area contributed by atoms with Crippen LogP contribution in [0.4, 0.5) is 11.4 Å². The maximum atomic E-state index is 11.1. The zero-order chi connectivity index (χ0) is 21.5. The van der Waals surface area contributed by atoms with E-state index in [-0.39, 0.29) is 10.6 Å². The van der Waals surface area contributed by atoms with Gasteiger partial charge in [0.1, 0.15) is 23.9 Å². The highest BCUT2D eigenvalue weighted by molar-refractivity contribution is 6.32. The molecule has 7 heteroatoms. The first kappa shape index (κ1) is 21.2. The molecule has 3 aromatic rings. The lowest BCUT2D eigenvalue weighted by molar-refractivity contribution is -0.385. The Morgan fingerprint density at radius 3 is 2.57 bits per heavy atom. The summed E-state index contributed by atoms with van der Waals surface area (Å²) in [4.78, 5) is 10.7. The van der Waals surface area contributed by atoms with Crippen LogP contribution in [0.5, 0.6) is 17.2 Å². The van der Waals surface area contributed by atoms with Gasteiger partial charge < -0.3 is 14.8 Å². The second-order valence-corrected chi connectivity index (χ2v) is 6.91. The number of nitro benzene ring substituents is 1. The highest BCUT2D eigenvalue weighted by Gasteiger charge is 2.12. The van der Waals surface area contributed by atoms with Crippen molar-refractivity contribution < 1.29 is 14.4 Å². The van der Waals surface area contributed by atoms with Gasteiger partial charge in [-0.05, 0) is 42.8 Å². The SMILES string of the molecule is C=CCOc1cc(Oc2ccc(CNc3cccc([N+](=O)[O-])c3C)cc2)ccc1Cl. The molecule has 0 fully saturated rings. The van der Waals surface area contributed by atoms with Gasteiger partial charge in [-0.15, -0.1) is 0 Å². The van der Waals surface area contributed by atoms with Gasteiger partial charge in [-0.2, -0.15) is 0 Å². The minimum absolute atomic E-state index is 0.100. The van der Waals surface area contributed by atoms with Gasteiger partial charge in [-0.3, -0.25) is 10.1 Å². The Morgan fingerprint density at radius 2 is 1.87 bits per heavy atom. The molecule has 0 saturated heterocycles. The monoisotopic (exact) mass is 424 g/mol. The molecule has 0 aromatic heterocycles. The molecule has 6 nitrogen and oxygen atoms in total. The second-order valence-electron chi connectivity index (χ2n) is 6.50. The van der Waals surface area contributed by atoms with Crippen molar-refractivity contribution in [3.8, 4) is 17.2 Å². The number of nitro groups is 1. The fraction of sp³-hybridized carbons (Fsp3) is 0.130. The largest absolute Gasteiger partial charge is 0.488 e. The maximum Gasteiger partial charge on any atom is 0.274 e. The topological polar surface area (TPSA) is 73.6 Å². The van der Waals surface area contributed by atoms with Crippen LogP contribution in [-0.2, 0) is 6.54 Å². The Kier molecular flexibility index (Phi) is 6.93. The number of nitrogens with zero attached hydrogens (tertiary/aromatic N) is 1. The maximum absolute atomic E-state index is 11.1. The Labute approximate surface area is 179 Å². The van der Waals surface area contributed by atoms with Crippen molar-refractivity contribution >= 4 is 23.0 Å². The van der Waals surface area contributed by atoms with E-state index in [4.69, 9.17) is 21.1 Å². The molecule has 30 heavy (non-hydrogen) atoms. The number of ether oxygens (including phenoxy) is 2. The van der Waals surface area contributed by atoms with Crippen LogP contribution in [0.3, 0.4) is 0 Å². The number of anilines is 1. The van der Waals surface area contributed by atoms with Crippen molar-refractivity contribution in [1.29, 1.82) is 0 Å². The van der Waals surface area contributed by atoms with Crippen molar-refractivity contribution in [2.75, 3.05) is 11.9 Å². The highest BCUT2D eigenvalue weighted by atomic mass is 35.5. The van der Waals surface area contributed by atoms with Crippen LogP contribution in [0.2, 0.25) is 5.02 Å². The number of nitrogens with one attached hydrogen (secondary N) is 1. The Bertz CT molecular complexity index is 1050. The fourth-order valence-electron chi connectivity index (χ4n) is 2.83.